The van der Waals surface area contributed by atoms with Crippen molar-refractivity contribution < 1.29 is 20.1 Å². The minimum absolute atomic E-state index is 0.187. The summed E-state index contributed by atoms with van der Waals surface area (Å²) in [4.78, 5) is 10.1. The van der Waals surface area contributed by atoms with Crippen LogP contribution >= 0.6 is 0 Å². The van der Waals surface area contributed by atoms with Crippen molar-refractivity contribution in [3.8, 4) is 11.5 Å². The molecule has 0 fully saturated rings. The molecule has 0 spiro atoms. The van der Waals surface area contributed by atoms with Gasteiger partial charge in [-0.25, -0.2) is 4.79 Å². The molecule has 0 bridgehead atoms. The molecule has 15 heavy (non-hydrogen) atoms. The van der Waals surface area contributed by atoms with Gasteiger partial charge in [-0.1, -0.05) is 24.3 Å². The van der Waals surface area contributed by atoms with Crippen LogP contribution in [0.5, 0.6) is 11.5 Å². The maximum atomic E-state index is 10.1. The van der Waals surface area contributed by atoms with E-state index in [1.54, 1.807) is 12.1 Å². The molecule has 0 saturated carbocycles. The lowest BCUT2D eigenvalue weighted by Gasteiger charge is -1.97. The minimum Gasteiger partial charge on any atom is -0.504 e. The fourth-order valence-corrected chi connectivity index (χ4v) is 0.949. The minimum atomic E-state index is -1.02. The van der Waals surface area contributed by atoms with Crippen molar-refractivity contribution in [2.24, 2.45) is 0 Å². The summed E-state index contributed by atoms with van der Waals surface area (Å²) in [5.74, 6) is -1.42. The Bertz CT molecular complexity index is 419. The Morgan fingerprint density at radius 1 is 1.13 bits per heavy atom. The molecular formula is C11H10O4. The molecular weight excluding hydrogens is 196 g/mol. The second-order valence-electron chi connectivity index (χ2n) is 2.80. The van der Waals surface area contributed by atoms with Crippen molar-refractivity contribution in [2.75, 3.05) is 0 Å². The highest BCUT2D eigenvalue weighted by Crippen LogP contribution is 2.25. The lowest BCUT2D eigenvalue weighted by Crippen LogP contribution is -1.84. The molecule has 0 aromatic heterocycles. The van der Waals surface area contributed by atoms with Gasteiger partial charge in [0.1, 0.15) is 0 Å². The number of phenolic OH excluding ortho intramolecular Hbond substituents is 2. The maximum Gasteiger partial charge on any atom is 0.328 e. The Morgan fingerprint density at radius 2 is 1.87 bits per heavy atom. The molecule has 1 rings (SSSR count). The van der Waals surface area contributed by atoms with Gasteiger partial charge in [-0.05, 0) is 17.7 Å². The number of carbonyl (C=O) groups is 1. The monoisotopic (exact) mass is 206 g/mol. The number of phenols is 2. The molecule has 1 aromatic rings. The molecule has 4 nitrogen and oxygen atoms in total. The van der Waals surface area contributed by atoms with Crippen molar-refractivity contribution in [1.29, 1.82) is 0 Å². The van der Waals surface area contributed by atoms with Crippen LogP contribution < -0.4 is 0 Å². The van der Waals surface area contributed by atoms with E-state index in [2.05, 4.69) is 0 Å². The number of hydrogen-bond acceptors (Lipinski definition) is 3. The van der Waals surface area contributed by atoms with Crippen molar-refractivity contribution in [3.63, 3.8) is 0 Å². The van der Waals surface area contributed by atoms with Crippen molar-refractivity contribution in [1.82, 2.24) is 0 Å². The van der Waals surface area contributed by atoms with Gasteiger partial charge >= 0.3 is 5.97 Å². The summed E-state index contributed by atoms with van der Waals surface area (Å²) in [6.45, 7) is 0. The van der Waals surface area contributed by atoms with Crippen LogP contribution in [0.4, 0.5) is 0 Å². The average Bonchev–Trinajstić information content (AvgIpc) is 2.18. The fraction of sp³-hybridized carbons (Fsp3) is 0. The van der Waals surface area contributed by atoms with Gasteiger partial charge in [0.05, 0.1) is 0 Å². The second kappa shape index (κ2) is 4.85. The number of rotatable bonds is 3. The largest absolute Gasteiger partial charge is 0.504 e. The molecule has 3 N–H and O–H groups in total. The molecule has 0 amide bonds. The van der Waals surface area contributed by atoms with Crippen molar-refractivity contribution in [3.05, 3.63) is 42.0 Å². The van der Waals surface area contributed by atoms with Gasteiger partial charge < -0.3 is 15.3 Å². The molecule has 0 aliphatic carbocycles. The Hall–Kier alpha value is -2.23. The van der Waals surface area contributed by atoms with Crippen LogP contribution in [0, 0.1) is 0 Å². The zero-order valence-electron chi connectivity index (χ0n) is 7.79. The van der Waals surface area contributed by atoms with Crippen LogP contribution in [0.3, 0.4) is 0 Å². The molecule has 0 radical (unpaired) electrons. The smallest absolute Gasteiger partial charge is 0.328 e. The van der Waals surface area contributed by atoms with Crippen LogP contribution in [-0.4, -0.2) is 21.3 Å². The van der Waals surface area contributed by atoms with Crippen LogP contribution in [0.15, 0.2) is 36.4 Å². The summed E-state index contributed by atoms with van der Waals surface area (Å²) in [5.41, 5.74) is 0.667. The first kappa shape index (κ1) is 10.8. The Balaban J connectivity index is 2.73. The Labute approximate surface area is 86.4 Å². The van der Waals surface area contributed by atoms with E-state index >= 15 is 0 Å². The number of carboxylic acids is 1. The number of hydrogen-bond donors (Lipinski definition) is 3. The van der Waals surface area contributed by atoms with Crippen molar-refractivity contribution in [2.45, 2.75) is 0 Å². The standard InChI is InChI=1S/C11H10O4/c12-9-6-5-8(7-10(9)13)3-1-2-4-11(14)15/h1-7,12-13H,(H,14,15). The zero-order valence-corrected chi connectivity index (χ0v) is 7.79. The lowest BCUT2D eigenvalue weighted by atomic mass is 10.2. The third-order valence-electron chi connectivity index (χ3n) is 1.64. The van der Waals surface area contributed by atoms with E-state index < -0.39 is 5.97 Å². The number of carboxylic acid groups (broad SMARTS) is 1. The molecule has 0 aliphatic rings. The predicted octanol–water partition coefficient (Wildman–Crippen LogP) is 1.75. The lowest BCUT2D eigenvalue weighted by molar-refractivity contribution is -0.131. The summed E-state index contributed by atoms with van der Waals surface area (Å²) in [6.07, 6.45) is 5.50. The van der Waals surface area contributed by atoms with Crippen LogP contribution in [0.1, 0.15) is 5.56 Å². The average molecular weight is 206 g/mol. The summed E-state index contributed by atoms with van der Waals surface area (Å²) >= 11 is 0. The quantitative estimate of drug-likeness (QED) is 0.400. The predicted molar refractivity (Wildman–Crippen MR) is 55.6 cm³/mol. The maximum absolute atomic E-state index is 10.1. The molecule has 1 aromatic carbocycles. The third-order valence-corrected chi connectivity index (χ3v) is 1.64. The molecule has 0 unspecified atom stereocenters. The van der Waals surface area contributed by atoms with Gasteiger partial charge in [-0.15, -0.1) is 0 Å². The van der Waals surface area contributed by atoms with E-state index in [0.29, 0.717) is 5.56 Å². The number of allylic oxidation sites excluding steroid dienone is 2. The molecule has 0 aliphatic heterocycles. The van der Waals surface area contributed by atoms with Gasteiger partial charge in [-0.3, -0.25) is 0 Å². The highest BCUT2D eigenvalue weighted by Gasteiger charge is 1.96. The zero-order chi connectivity index (χ0) is 11.3. The normalized spacial score (nSPS) is 11.2. The van der Waals surface area contributed by atoms with Gasteiger partial charge in [0.15, 0.2) is 11.5 Å². The van der Waals surface area contributed by atoms with Crippen LogP contribution in [0.25, 0.3) is 6.08 Å². The van der Waals surface area contributed by atoms with E-state index in [0.717, 1.165) is 6.08 Å². The van der Waals surface area contributed by atoms with E-state index in [1.165, 1.54) is 24.3 Å². The first-order valence-electron chi connectivity index (χ1n) is 4.19. The number of aromatic hydroxyl groups is 2. The van der Waals surface area contributed by atoms with E-state index in [9.17, 15) is 4.79 Å². The van der Waals surface area contributed by atoms with E-state index in [4.69, 9.17) is 15.3 Å². The summed E-state index contributed by atoms with van der Waals surface area (Å²) < 4.78 is 0. The van der Waals surface area contributed by atoms with Crippen LogP contribution in [0.2, 0.25) is 0 Å². The highest BCUT2D eigenvalue weighted by molar-refractivity contribution is 5.80. The molecule has 0 saturated heterocycles. The van der Waals surface area contributed by atoms with E-state index in [-0.39, 0.29) is 11.5 Å². The van der Waals surface area contributed by atoms with Gasteiger partial charge in [0.2, 0.25) is 0 Å². The van der Waals surface area contributed by atoms with Crippen molar-refractivity contribution >= 4 is 12.0 Å². The topological polar surface area (TPSA) is 77.8 Å². The fourth-order valence-electron chi connectivity index (χ4n) is 0.949. The molecule has 0 heterocycles. The molecule has 4 heteroatoms. The second-order valence-corrected chi connectivity index (χ2v) is 2.80. The number of aliphatic carboxylic acids is 1. The van der Waals surface area contributed by atoms with Gasteiger partial charge in [0.25, 0.3) is 0 Å². The SMILES string of the molecule is O=C(O)C=CC=Cc1ccc(O)c(O)c1. The highest BCUT2D eigenvalue weighted by atomic mass is 16.4. The molecule has 78 valence electrons. The summed E-state index contributed by atoms with van der Waals surface area (Å²) in [6, 6.07) is 4.33. The van der Waals surface area contributed by atoms with Gasteiger partial charge in [-0.2, -0.15) is 0 Å². The van der Waals surface area contributed by atoms with E-state index in [1.807, 2.05) is 0 Å². The first-order chi connectivity index (χ1) is 7.09. The summed E-state index contributed by atoms with van der Waals surface area (Å²) in [7, 11) is 0. The third kappa shape index (κ3) is 3.56. The van der Waals surface area contributed by atoms with Gasteiger partial charge in [0, 0.05) is 6.08 Å². The molecule has 0 atom stereocenters. The summed E-state index contributed by atoms with van der Waals surface area (Å²) in [5, 5.41) is 26.5. The Kier molecular flexibility index (Phi) is 3.51. The Morgan fingerprint density at radius 3 is 2.47 bits per heavy atom. The van der Waals surface area contributed by atoms with Crippen LogP contribution in [-0.2, 0) is 4.79 Å². The number of benzene rings is 1. The first-order valence-corrected chi connectivity index (χ1v) is 4.19.